The van der Waals surface area contributed by atoms with Gasteiger partial charge in [-0.1, -0.05) is 25.4 Å². The van der Waals surface area contributed by atoms with Crippen molar-refractivity contribution in [1.29, 1.82) is 0 Å². The van der Waals surface area contributed by atoms with E-state index in [1.807, 2.05) is 25.8 Å². The zero-order valence-corrected chi connectivity index (χ0v) is 12.3. The normalized spacial score (nSPS) is 23.5. The van der Waals surface area contributed by atoms with Crippen molar-refractivity contribution in [3.05, 3.63) is 17.2 Å². The smallest absolute Gasteiger partial charge is 0.321 e. The fraction of sp³-hybridized carbons (Fsp3) is 0.692. The summed E-state index contributed by atoms with van der Waals surface area (Å²) in [4.78, 5) is 17.8. The largest absolute Gasteiger partial charge is 0.480 e. The molecular formula is C13H20ClN3O2. The molecule has 1 aliphatic rings. The molecule has 1 aromatic heterocycles. The molecule has 1 N–H and O–H groups in total. The van der Waals surface area contributed by atoms with Crippen LogP contribution >= 0.6 is 11.6 Å². The Hall–Kier alpha value is -1.07. The minimum absolute atomic E-state index is 0.223. The van der Waals surface area contributed by atoms with Gasteiger partial charge in [0.2, 0.25) is 0 Å². The number of carboxylic acid groups (broad SMARTS) is 1. The molecule has 0 amide bonds. The van der Waals surface area contributed by atoms with E-state index in [-0.39, 0.29) is 5.41 Å². The second-order valence-corrected chi connectivity index (χ2v) is 6.25. The monoisotopic (exact) mass is 285 g/mol. The van der Waals surface area contributed by atoms with Crippen molar-refractivity contribution in [2.45, 2.75) is 39.3 Å². The number of imidazole rings is 1. The summed E-state index contributed by atoms with van der Waals surface area (Å²) in [6.07, 6.45) is 3.54. The Balaban J connectivity index is 2.22. The van der Waals surface area contributed by atoms with Crippen LogP contribution in [0.2, 0.25) is 5.15 Å². The second kappa shape index (κ2) is 5.13. The van der Waals surface area contributed by atoms with Crippen molar-refractivity contribution < 1.29 is 9.90 Å². The minimum atomic E-state index is -0.759. The number of likely N-dealkylation sites (tertiary alicyclic amines) is 1. The predicted molar refractivity (Wildman–Crippen MR) is 73.1 cm³/mol. The van der Waals surface area contributed by atoms with E-state index in [2.05, 4.69) is 4.98 Å². The van der Waals surface area contributed by atoms with Crippen molar-refractivity contribution in [3.8, 4) is 0 Å². The van der Waals surface area contributed by atoms with Gasteiger partial charge in [-0.25, -0.2) is 4.98 Å². The molecule has 0 saturated carbocycles. The van der Waals surface area contributed by atoms with Crippen LogP contribution in [0, 0.1) is 5.41 Å². The molecule has 0 aromatic carbocycles. The first-order valence-electron chi connectivity index (χ1n) is 6.46. The van der Waals surface area contributed by atoms with Gasteiger partial charge < -0.3 is 9.67 Å². The van der Waals surface area contributed by atoms with Crippen LogP contribution in [0.3, 0.4) is 0 Å². The second-order valence-electron chi connectivity index (χ2n) is 5.86. The lowest BCUT2D eigenvalue weighted by molar-refractivity contribution is -0.151. The molecule has 106 valence electrons. The Bertz CT molecular complexity index is 484. The van der Waals surface area contributed by atoms with Gasteiger partial charge in [-0.05, 0) is 24.8 Å². The summed E-state index contributed by atoms with van der Waals surface area (Å²) in [5.74, 6) is 0.0407. The molecule has 1 atom stereocenters. The number of hydrogen-bond donors (Lipinski definition) is 1. The van der Waals surface area contributed by atoms with E-state index in [4.69, 9.17) is 11.6 Å². The Morgan fingerprint density at radius 1 is 1.63 bits per heavy atom. The molecule has 1 saturated heterocycles. The number of piperidine rings is 1. The maximum Gasteiger partial charge on any atom is 0.321 e. The van der Waals surface area contributed by atoms with Gasteiger partial charge in [-0.2, -0.15) is 0 Å². The lowest BCUT2D eigenvalue weighted by Gasteiger charge is -2.43. The highest BCUT2D eigenvalue weighted by molar-refractivity contribution is 6.29. The molecular weight excluding hydrogens is 266 g/mol. The molecule has 0 aliphatic carbocycles. The van der Waals surface area contributed by atoms with Gasteiger partial charge in [0.1, 0.15) is 17.0 Å². The van der Waals surface area contributed by atoms with E-state index in [1.54, 1.807) is 10.8 Å². The summed E-state index contributed by atoms with van der Waals surface area (Å²) in [6, 6.07) is -0.475. The van der Waals surface area contributed by atoms with E-state index in [0.717, 1.165) is 25.2 Å². The number of aromatic nitrogens is 2. The third kappa shape index (κ3) is 2.77. The molecule has 0 radical (unpaired) electrons. The third-order valence-corrected chi connectivity index (χ3v) is 4.33. The molecule has 2 rings (SSSR count). The fourth-order valence-corrected chi connectivity index (χ4v) is 3.06. The Kier molecular flexibility index (Phi) is 3.87. The van der Waals surface area contributed by atoms with Crippen LogP contribution in [0.4, 0.5) is 0 Å². The van der Waals surface area contributed by atoms with Gasteiger partial charge in [0.25, 0.3) is 0 Å². The highest BCUT2D eigenvalue weighted by atomic mass is 35.5. The van der Waals surface area contributed by atoms with Gasteiger partial charge in [0.15, 0.2) is 0 Å². The highest BCUT2D eigenvalue weighted by Crippen LogP contribution is 2.36. The average molecular weight is 286 g/mol. The molecule has 1 fully saturated rings. The van der Waals surface area contributed by atoms with Crippen LogP contribution in [0.5, 0.6) is 0 Å². The Morgan fingerprint density at radius 2 is 2.32 bits per heavy atom. The molecule has 0 spiro atoms. The minimum Gasteiger partial charge on any atom is -0.480 e. The molecule has 1 aliphatic heterocycles. The summed E-state index contributed by atoms with van der Waals surface area (Å²) in [6.45, 7) is 5.33. The molecule has 2 heterocycles. The SMILES string of the molecule is Cn1c(Cl)cnc1CN1CCCC(C)(C)C1C(=O)O. The van der Waals surface area contributed by atoms with Crippen LogP contribution in [-0.2, 0) is 18.4 Å². The maximum absolute atomic E-state index is 11.6. The van der Waals surface area contributed by atoms with Crippen molar-refractivity contribution >= 4 is 17.6 Å². The van der Waals surface area contributed by atoms with Gasteiger partial charge in [-0.15, -0.1) is 0 Å². The number of hydrogen-bond acceptors (Lipinski definition) is 3. The standard InChI is InChI=1S/C13H20ClN3O2/c1-13(2)5-4-6-17(11(13)12(18)19)8-10-15-7-9(14)16(10)3/h7,11H,4-6,8H2,1-3H3,(H,18,19). The zero-order chi connectivity index (χ0) is 14.2. The van der Waals surface area contributed by atoms with Gasteiger partial charge in [0, 0.05) is 7.05 Å². The van der Waals surface area contributed by atoms with Gasteiger partial charge in [-0.3, -0.25) is 9.69 Å². The van der Waals surface area contributed by atoms with Crippen LogP contribution in [0.1, 0.15) is 32.5 Å². The van der Waals surface area contributed by atoms with E-state index in [0.29, 0.717) is 11.7 Å². The third-order valence-electron chi connectivity index (χ3n) is 3.98. The van der Waals surface area contributed by atoms with Crippen LogP contribution in [0.15, 0.2) is 6.20 Å². The van der Waals surface area contributed by atoms with Gasteiger partial charge >= 0.3 is 5.97 Å². The maximum atomic E-state index is 11.6. The van der Waals surface area contributed by atoms with E-state index < -0.39 is 12.0 Å². The number of nitrogens with zero attached hydrogens (tertiary/aromatic N) is 3. The predicted octanol–water partition coefficient (Wildman–Crippen LogP) is 2.15. The first kappa shape index (κ1) is 14.3. The Morgan fingerprint density at radius 3 is 2.84 bits per heavy atom. The molecule has 19 heavy (non-hydrogen) atoms. The van der Waals surface area contributed by atoms with E-state index in [9.17, 15) is 9.90 Å². The van der Waals surface area contributed by atoms with Gasteiger partial charge in [0.05, 0.1) is 12.7 Å². The summed E-state index contributed by atoms with van der Waals surface area (Å²) < 4.78 is 1.79. The number of halogens is 1. The quantitative estimate of drug-likeness (QED) is 0.924. The number of carbonyl (C=O) groups is 1. The van der Waals surface area contributed by atoms with Crippen molar-refractivity contribution in [3.63, 3.8) is 0 Å². The number of aliphatic carboxylic acids is 1. The van der Waals surface area contributed by atoms with Crippen molar-refractivity contribution in [1.82, 2.24) is 14.5 Å². The fourth-order valence-electron chi connectivity index (χ4n) is 2.91. The average Bonchev–Trinajstić information content (AvgIpc) is 2.59. The summed E-state index contributed by atoms with van der Waals surface area (Å²) in [7, 11) is 1.84. The molecule has 1 aromatic rings. The van der Waals surface area contributed by atoms with Crippen molar-refractivity contribution in [2.24, 2.45) is 12.5 Å². The topological polar surface area (TPSA) is 58.4 Å². The lowest BCUT2D eigenvalue weighted by atomic mass is 9.76. The van der Waals surface area contributed by atoms with E-state index in [1.165, 1.54) is 0 Å². The summed E-state index contributed by atoms with van der Waals surface area (Å²) in [5, 5.41) is 10.1. The lowest BCUT2D eigenvalue weighted by Crippen LogP contribution is -2.53. The van der Waals surface area contributed by atoms with E-state index >= 15 is 0 Å². The molecule has 0 bridgehead atoms. The Labute approximate surface area is 118 Å². The summed E-state index contributed by atoms with van der Waals surface area (Å²) in [5.41, 5.74) is -0.223. The molecule has 6 heteroatoms. The zero-order valence-electron chi connectivity index (χ0n) is 11.6. The number of carboxylic acids is 1. The van der Waals surface area contributed by atoms with Crippen LogP contribution < -0.4 is 0 Å². The van der Waals surface area contributed by atoms with Crippen LogP contribution in [-0.4, -0.2) is 38.1 Å². The van der Waals surface area contributed by atoms with Crippen LogP contribution in [0.25, 0.3) is 0 Å². The molecule has 1 unspecified atom stereocenters. The molecule has 5 nitrogen and oxygen atoms in total. The first-order chi connectivity index (χ1) is 8.83. The highest BCUT2D eigenvalue weighted by Gasteiger charge is 2.42. The van der Waals surface area contributed by atoms with Crippen molar-refractivity contribution in [2.75, 3.05) is 6.54 Å². The number of rotatable bonds is 3. The first-order valence-corrected chi connectivity index (χ1v) is 6.83. The summed E-state index contributed by atoms with van der Waals surface area (Å²) >= 11 is 5.97.